The molecule has 0 saturated heterocycles. The van der Waals surface area contributed by atoms with Gasteiger partial charge in [-0.1, -0.05) is 77.6 Å². The fourth-order valence-corrected chi connectivity index (χ4v) is 4.02. The highest BCUT2D eigenvalue weighted by atomic mass is 16.5. The molecule has 1 N–H and O–H groups in total. The molecule has 196 valence electrons. The molecule has 0 aromatic heterocycles. The third-order valence-corrected chi connectivity index (χ3v) is 6.09. The maximum atomic E-state index is 12.4. The minimum atomic E-state index is -0.373. The van der Waals surface area contributed by atoms with Gasteiger partial charge in [0.2, 0.25) is 5.75 Å². The summed E-state index contributed by atoms with van der Waals surface area (Å²) in [5.41, 5.74) is 0.397. The summed E-state index contributed by atoms with van der Waals surface area (Å²) >= 11 is 0. The van der Waals surface area contributed by atoms with Crippen molar-refractivity contribution in [3.05, 3.63) is 17.7 Å². The van der Waals surface area contributed by atoms with Gasteiger partial charge in [-0.25, -0.2) is 4.79 Å². The molecule has 0 aliphatic carbocycles. The van der Waals surface area contributed by atoms with Gasteiger partial charge in [0.1, 0.15) is 0 Å². The molecule has 0 fully saturated rings. The molecule has 0 aliphatic heterocycles. The molecule has 0 radical (unpaired) electrons. The van der Waals surface area contributed by atoms with Crippen molar-refractivity contribution in [2.45, 2.75) is 96.8 Å². The van der Waals surface area contributed by atoms with Gasteiger partial charge in [0.05, 0.1) is 33.5 Å². The molecule has 0 amide bonds. The van der Waals surface area contributed by atoms with Crippen LogP contribution in [-0.4, -0.2) is 47.0 Å². The van der Waals surface area contributed by atoms with Crippen LogP contribution in [0.4, 0.5) is 0 Å². The molecule has 34 heavy (non-hydrogen) atoms. The molecular formula is C28H49NO5. The van der Waals surface area contributed by atoms with E-state index in [9.17, 15) is 4.79 Å². The standard InChI is InChI=1S/C28H49NO5/c1-5-6-7-8-9-10-13-16-19-29-20-17-14-11-12-15-18-21-34-28(30)24-22-25(31-2)27(33-4)26(23-24)32-3/h22-23,29H,5-21H2,1-4H3. The van der Waals surface area contributed by atoms with Crippen LogP contribution in [0.2, 0.25) is 0 Å². The number of carbonyl (C=O) groups excluding carboxylic acids is 1. The summed E-state index contributed by atoms with van der Waals surface area (Å²) in [7, 11) is 4.59. The molecule has 6 nitrogen and oxygen atoms in total. The van der Waals surface area contributed by atoms with E-state index in [1.165, 1.54) is 98.4 Å². The van der Waals surface area contributed by atoms with E-state index >= 15 is 0 Å². The van der Waals surface area contributed by atoms with Crippen molar-refractivity contribution in [1.29, 1.82) is 0 Å². The van der Waals surface area contributed by atoms with Gasteiger partial charge in [0, 0.05) is 0 Å². The number of carbonyl (C=O) groups is 1. The lowest BCUT2D eigenvalue weighted by Gasteiger charge is -2.13. The van der Waals surface area contributed by atoms with Crippen molar-refractivity contribution in [1.82, 2.24) is 5.32 Å². The van der Waals surface area contributed by atoms with Crippen LogP contribution in [0.25, 0.3) is 0 Å². The predicted octanol–water partition coefficient (Wildman–Crippen LogP) is 6.94. The number of nitrogens with one attached hydrogen (secondary N) is 1. The third-order valence-electron chi connectivity index (χ3n) is 6.09. The van der Waals surface area contributed by atoms with Crippen molar-refractivity contribution in [3.63, 3.8) is 0 Å². The Bertz CT molecular complexity index is 625. The van der Waals surface area contributed by atoms with E-state index in [1.807, 2.05) is 0 Å². The van der Waals surface area contributed by atoms with E-state index in [4.69, 9.17) is 18.9 Å². The zero-order chi connectivity index (χ0) is 24.9. The number of rotatable bonds is 22. The summed E-state index contributed by atoms with van der Waals surface area (Å²) in [5, 5.41) is 3.58. The fourth-order valence-electron chi connectivity index (χ4n) is 4.02. The maximum Gasteiger partial charge on any atom is 0.338 e. The summed E-state index contributed by atoms with van der Waals surface area (Å²) in [6.07, 6.45) is 17.9. The molecule has 1 rings (SSSR count). The lowest BCUT2D eigenvalue weighted by atomic mass is 10.1. The molecule has 0 atom stereocenters. The van der Waals surface area contributed by atoms with Crippen LogP contribution < -0.4 is 19.5 Å². The van der Waals surface area contributed by atoms with Gasteiger partial charge in [-0.3, -0.25) is 0 Å². The van der Waals surface area contributed by atoms with E-state index in [2.05, 4.69) is 12.2 Å². The largest absolute Gasteiger partial charge is 0.493 e. The lowest BCUT2D eigenvalue weighted by molar-refractivity contribution is 0.0496. The summed E-state index contributed by atoms with van der Waals surface area (Å²) in [6, 6.07) is 3.23. The van der Waals surface area contributed by atoms with E-state index in [1.54, 1.807) is 12.1 Å². The predicted molar refractivity (Wildman–Crippen MR) is 140 cm³/mol. The van der Waals surface area contributed by atoms with Crippen molar-refractivity contribution < 1.29 is 23.7 Å². The lowest BCUT2D eigenvalue weighted by Crippen LogP contribution is -2.16. The summed E-state index contributed by atoms with van der Waals surface area (Å²) in [6.45, 7) is 4.98. The number of esters is 1. The van der Waals surface area contributed by atoms with Gasteiger partial charge in [-0.2, -0.15) is 0 Å². The first-order valence-corrected chi connectivity index (χ1v) is 13.4. The van der Waals surface area contributed by atoms with Crippen molar-refractivity contribution in [3.8, 4) is 17.2 Å². The number of methoxy groups -OCH3 is 3. The summed E-state index contributed by atoms with van der Waals surface area (Å²) < 4.78 is 21.3. The molecule has 1 aromatic rings. The zero-order valence-electron chi connectivity index (χ0n) is 22.2. The Morgan fingerprint density at radius 2 is 1.15 bits per heavy atom. The van der Waals surface area contributed by atoms with E-state index in [0.29, 0.717) is 29.4 Å². The second-order valence-corrected chi connectivity index (χ2v) is 8.90. The molecule has 0 bridgehead atoms. The fraction of sp³-hybridized carbons (Fsp3) is 0.750. The van der Waals surface area contributed by atoms with Crippen molar-refractivity contribution in [2.75, 3.05) is 41.0 Å². The Morgan fingerprint density at radius 1 is 0.676 bits per heavy atom. The molecular weight excluding hydrogens is 430 g/mol. The van der Waals surface area contributed by atoms with Crippen LogP contribution in [0, 0.1) is 0 Å². The monoisotopic (exact) mass is 479 g/mol. The first-order valence-electron chi connectivity index (χ1n) is 13.4. The van der Waals surface area contributed by atoms with Crippen LogP contribution in [-0.2, 0) is 4.74 Å². The second kappa shape index (κ2) is 20.4. The van der Waals surface area contributed by atoms with Crippen LogP contribution in [0.1, 0.15) is 107 Å². The van der Waals surface area contributed by atoms with Crippen LogP contribution in [0.3, 0.4) is 0 Å². The molecule has 1 aromatic carbocycles. The van der Waals surface area contributed by atoms with Gasteiger partial charge >= 0.3 is 5.97 Å². The Balaban J connectivity index is 1.99. The van der Waals surface area contributed by atoms with Gasteiger partial charge in [0.25, 0.3) is 0 Å². The van der Waals surface area contributed by atoms with Gasteiger partial charge in [-0.05, 0) is 44.5 Å². The van der Waals surface area contributed by atoms with Gasteiger partial charge < -0.3 is 24.3 Å². The molecule has 6 heteroatoms. The third kappa shape index (κ3) is 13.1. The van der Waals surface area contributed by atoms with Crippen LogP contribution in [0.15, 0.2) is 12.1 Å². The van der Waals surface area contributed by atoms with Crippen LogP contribution in [0.5, 0.6) is 17.2 Å². The van der Waals surface area contributed by atoms with E-state index in [-0.39, 0.29) is 5.97 Å². The number of hydrogen-bond donors (Lipinski definition) is 1. The molecule has 0 unspecified atom stereocenters. The Hall–Kier alpha value is -1.95. The summed E-state index contributed by atoms with van der Waals surface area (Å²) in [4.78, 5) is 12.4. The molecule has 0 spiro atoms. The molecule has 0 heterocycles. The first-order chi connectivity index (χ1) is 16.7. The minimum absolute atomic E-state index is 0.373. The Kier molecular flexibility index (Phi) is 18.1. The Labute approximate surface area is 208 Å². The first kappa shape index (κ1) is 30.1. The van der Waals surface area contributed by atoms with Gasteiger partial charge in [0.15, 0.2) is 11.5 Å². The average molecular weight is 480 g/mol. The number of unbranched alkanes of at least 4 members (excludes halogenated alkanes) is 12. The number of ether oxygens (including phenoxy) is 4. The van der Waals surface area contributed by atoms with Crippen LogP contribution >= 0.6 is 0 Å². The van der Waals surface area contributed by atoms with Gasteiger partial charge in [-0.15, -0.1) is 0 Å². The van der Waals surface area contributed by atoms with Crippen molar-refractivity contribution >= 4 is 5.97 Å². The smallest absolute Gasteiger partial charge is 0.338 e. The average Bonchev–Trinajstić information content (AvgIpc) is 2.86. The second-order valence-electron chi connectivity index (χ2n) is 8.90. The Morgan fingerprint density at radius 3 is 1.62 bits per heavy atom. The number of benzene rings is 1. The summed E-state index contributed by atoms with van der Waals surface area (Å²) in [5.74, 6) is 0.980. The van der Waals surface area contributed by atoms with E-state index in [0.717, 1.165) is 25.9 Å². The van der Waals surface area contributed by atoms with Crippen molar-refractivity contribution in [2.24, 2.45) is 0 Å². The van der Waals surface area contributed by atoms with E-state index < -0.39 is 0 Å². The number of hydrogen-bond acceptors (Lipinski definition) is 6. The zero-order valence-corrected chi connectivity index (χ0v) is 22.2. The normalized spacial score (nSPS) is 10.8. The molecule has 0 saturated carbocycles. The maximum absolute atomic E-state index is 12.4. The SMILES string of the molecule is CCCCCCCCCCNCCCCCCCCOC(=O)c1cc(OC)c(OC)c(OC)c1. The highest BCUT2D eigenvalue weighted by molar-refractivity contribution is 5.91. The molecule has 0 aliphatic rings. The highest BCUT2D eigenvalue weighted by Crippen LogP contribution is 2.38. The highest BCUT2D eigenvalue weighted by Gasteiger charge is 2.17. The quantitative estimate of drug-likeness (QED) is 0.143. The minimum Gasteiger partial charge on any atom is -0.493 e. The topological polar surface area (TPSA) is 66.0 Å².